The molecule has 90 valence electrons. The third kappa shape index (κ3) is 2.17. The van der Waals surface area contributed by atoms with Gasteiger partial charge in [-0.05, 0) is 43.6 Å². The molecule has 2 aliphatic rings. The smallest absolute Gasteiger partial charge is 0.0865 e. The first-order valence-electron chi connectivity index (χ1n) is 6.15. The fraction of sp³-hybridized carbons (Fsp3) is 0.462. The first-order valence-corrected chi connectivity index (χ1v) is 6.53. The lowest BCUT2D eigenvalue weighted by Gasteiger charge is -2.23. The molecule has 1 N–H and O–H groups in total. The normalized spacial score (nSPS) is 24.8. The molecule has 1 fully saturated rings. The fourth-order valence-electron chi connectivity index (χ4n) is 2.62. The zero-order valence-electron chi connectivity index (χ0n) is 9.69. The van der Waals surface area contributed by atoms with E-state index in [9.17, 15) is 0 Å². The Morgan fingerprint density at radius 2 is 1.88 bits per heavy atom. The van der Waals surface area contributed by atoms with Crippen molar-refractivity contribution in [2.45, 2.75) is 18.9 Å². The third-order valence-corrected chi connectivity index (χ3v) is 3.77. The van der Waals surface area contributed by atoms with Gasteiger partial charge in [0.25, 0.3) is 0 Å². The van der Waals surface area contributed by atoms with Crippen LogP contribution < -0.4 is 5.43 Å². The van der Waals surface area contributed by atoms with Crippen molar-refractivity contribution in [2.75, 3.05) is 19.6 Å². The molecule has 1 aromatic carbocycles. The van der Waals surface area contributed by atoms with Crippen LogP contribution >= 0.6 is 11.6 Å². The van der Waals surface area contributed by atoms with E-state index in [0.29, 0.717) is 6.04 Å². The molecule has 0 bridgehead atoms. The third-order valence-electron chi connectivity index (χ3n) is 3.52. The lowest BCUT2D eigenvalue weighted by atomic mass is 10.0. The van der Waals surface area contributed by atoms with Crippen LogP contribution in [0.4, 0.5) is 0 Å². The summed E-state index contributed by atoms with van der Waals surface area (Å²) in [6, 6.07) is 8.39. The minimum absolute atomic E-state index is 0.429. The Kier molecular flexibility index (Phi) is 3.04. The van der Waals surface area contributed by atoms with Gasteiger partial charge in [0.2, 0.25) is 0 Å². The molecule has 2 heterocycles. The quantitative estimate of drug-likeness (QED) is 0.870. The molecule has 1 saturated heterocycles. The van der Waals surface area contributed by atoms with E-state index in [2.05, 4.69) is 27.6 Å². The summed E-state index contributed by atoms with van der Waals surface area (Å²) in [4.78, 5) is 2.52. The molecule has 17 heavy (non-hydrogen) atoms. The molecule has 1 aromatic rings. The van der Waals surface area contributed by atoms with Crippen molar-refractivity contribution in [1.29, 1.82) is 0 Å². The van der Waals surface area contributed by atoms with Gasteiger partial charge in [-0.3, -0.25) is 4.90 Å². The molecule has 3 rings (SSSR count). The largest absolute Gasteiger partial charge is 0.308 e. The highest BCUT2D eigenvalue weighted by atomic mass is 35.5. The summed E-state index contributed by atoms with van der Waals surface area (Å²) >= 11 is 5.92. The van der Waals surface area contributed by atoms with E-state index in [-0.39, 0.29) is 0 Å². The van der Waals surface area contributed by atoms with Crippen LogP contribution in [0.1, 0.15) is 18.4 Å². The van der Waals surface area contributed by atoms with Gasteiger partial charge in [0.1, 0.15) is 0 Å². The highest BCUT2D eigenvalue weighted by molar-refractivity contribution is 6.30. The molecule has 1 atom stereocenters. The van der Waals surface area contributed by atoms with E-state index >= 15 is 0 Å². The van der Waals surface area contributed by atoms with E-state index < -0.39 is 0 Å². The maximum atomic E-state index is 5.92. The summed E-state index contributed by atoms with van der Waals surface area (Å²) < 4.78 is 0. The van der Waals surface area contributed by atoms with Crippen molar-refractivity contribution in [2.24, 2.45) is 5.10 Å². The second-order valence-corrected chi connectivity index (χ2v) is 5.06. The van der Waals surface area contributed by atoms with Gasteiger partial charge in [-0.2, -0.15) is 5.10 Å². The summed E-state index contributed by atoms with van der Waals surface area (Å²) in [6.45, 7) is 3.32. The summed E-state index contributed by atoms with van der Waals surface area (Å²) in [5.74, 6) is 0. The van der Waals surface area contributed by atoms with Gasteiger partial charge in [-0.15, -0.1) is 0 Å². The molecule has 0 aromatic heterocycles. The van der Waals surface area contributed by atoms with E-state index in [4.69, 9.17) is 11.6 Å². The summed E-state index contributed by atoms with van der Waals surface area (Å²) in [5, 5.41) is 5.22. The molecule has 4 heteroatoms. The molecule has 3 nitrogen and oxygen atoms in total. The Balaban J connectivity index is 1.83. The molecule has 0 aliphatic carbocycles. The lowest BCUT2D eigenvalue weighted by Crippen LogP contribution is -2.40. The van der Waals surface area contributed by atoms with Gasteiger partial charge in [0.15, 0.2) is 0 Å². The monoisotopic (exact) mass is 249 g/mol. The van der Waals surface area contributed by atoms with Crippen molar-refractivity contribution in [3.8, 4) is 0 Å². The highest BCUT2D eigenvalue weighted by Gasteiger charge is 2.30. The van der Waals surface area contributed by atoms with Crippen LogP contribution in [0.2, 0.25) is 5.02 Å². The van der Waals surface area contributed by atoms with Gasteiger partial charge >= 0.3 is 0 Å². The lowest BCUT2D eigenvalue weighted by molar-refractivity contribution is 0.304. The number of benzene rings is 1. The minimum Gasteiger partial charge on any atom is -0.308 e. The molecule has 2 aliphatic heterocycles. The van der Waals surface area contributed by atoms with Crippen LogP contribution in [0, 0.1) is 0 Å². The van der Waals surface area contributed by atoms with Gasteiger partial charge in [-0.25, -0.2) is 0 Å². The second kappa shape index (κ2) is 4.67. The molecule has 1 unspecified atom stereocenters. The zero-order chi connectivity index (χ0) is 11.7. The van der Waals surface area contributed by atoms with Crippen molar-refractivity contribution in [3.63, 3.8) is 0 Å². The van der Waals surface area contributed by atoms with Crippen LogP contribution in [0.3, 0.4) is 0 Å². The molecular formula is C13H16ClN3. The number of nitrogens with one attached hydrogen (secondary N) is 1. The van der Waals surface area contributed by atoms with Crippen molar-refractivity contribution in [1.82, 2.24) is 10.3 Å². The molecule has 0 amide bonds. The Morgan fingerprint density at radius 3 is 2.59 bits per heavy atom. The predicted octanol–water partition coefficient (Wildman–Crippen LogP) is 2.11. The number of hydrogen-bond donors (Lipinski definition) is 1. The maximum absolute atomic E-state index is 5.92. The van der Waals surface area contributed by atoms with Crippen molar-refractivity contribution < 1.29 is 0 Å². The Morgan fingerprint density at radius 1 is 1.18 bits per heavy atom. The number of nitrogens with zero attached hydrogens (tertiary/aromatic N) is 2. The van der Waals surface area contributed by atoms with E-state index in [1.165, 1.54) is 31.5 Å². The summed E-state index contributed by atoms with van der Waals surface area (Å²) in [6.07, 6.45) is 2.62. The molecule has 0 spiro atoms. The maximum Gasteiger partial charge on any atom is 0.0865 e. The Bertz CT molecular complexity index is 421. The highest BCUT2D eigenvalue weighted by Crippen LogP contribution is 2.19. The second-order valence-electron chi connectivity index (χ2n) is 4.63. The summed E-state index contributed by atoms with van der Waals surface area (Å²) in [7, 11) is 0. The van der Waals surface area contributed by atoms with Crippen molar-refractivity contribution in [3.05, 3.63) is 34.9 Å². The fourth-order valence-corrected chi connectivity index (χ4v) is 2.75. The van der Waals surface area contributed by atoms with Crippen molar-refractivity contribution >= 4 is 17.3 Å². The van der Waals surface area contributed by atoms with Gasteiger partial charge in [0.05, 0.1) is 18.3 Å². The minimum atomic E-state index is 0.429. The first kappa shape index (κ1) is 11.1. The average molecular weight is 250 g/mol. The standard InChI is InChI=1S/C13H16ClN3/c14-11-5-3-10(4-6-11)13-12(9-15-16-13)17-7-1-2-8-17/h3-6,12,15H,1-2,7-9H2. The van der Waals surface area contributed by atoms with Crippen LogP contribution in [0.5, 0.6) is 0 Å². The van der Waals surface area contributed by atoms with E-state index in [1.807, 2.05) is 12.1 Å². The topological polar surface area (TPSA) is 27.6 Å². The van der Waals surface area contributed by atoms with Crippen LogP contribution in [0.15, 0.2) is 29.4 Å². The molecule has 0 radical (unpaired) electrons. The van der Waals surface area contributed by atoms with Crippen LogP contribution in [-0.2, 0) is 0 Å². The zero-order valence-corrected chi connectivity index (χ0v) is 10.5. The Labute approximate surface area is 106 Å². The number of hydrazone groups is 1. The first-order chi connectivity index (χ1) is 8.34. The van der Waals surface area contributed by atoms with Gasteiger partial charge in [-0.1, -0.05) is 23.7 Å². The van der Waals surface area contributed by atoms with Gasteiger partial charge in [0, 0.05) is 5.02 Å². The average Bonchev–Trinajstić information content (AvgIpc) is 3.00. The number of likely N-dealkylation sites (tertiary alicyclic amines) is 1. The summed E-state index contributed by atoms with van der Waals surface area (Å²) in [5.41, 5.74) is 5.46. The van der Waals surface area contributed by atoms with Crippen LogP contribution in [-0.4, -0.2) is 36.3 Å². The van der Waals surface area contributed by atoms with E-state index in [0.717, 1.165) is 17.3 Å². The Hall–Kier alpha value is -1.06. The molecule has 0 saturated carbocycles. The van der Waals surface area contributed by atoms with E-state index in [1.54, 1.807) is 0 Å². The number of rotatable bonds is 2. The SMILES string of the molecule is Clc1ccc(C2=NNCC2N2CCCC2)cc1. The van der Waals surface area contributed by atoms with Crippen LogP contribution in [0.25, 0.3) is 0 Å². The number of hydrogen-bond acceptors (Lipinski definition) is 3. The van der Waals surface area contributed by atoms with Gasteiger partial charge < -0.3 is 5.43 Å². The predicted molar refractivity (Wildman–Crippen MR) is 70.6 cm³/mol. The number of halogens is 1. The molecular weight excluding hydrogens is 234 g/mol.